The molecule has 3 rings (SSSR count). The Morgan fingerprint density at radius 1 is 1.00 bits per heavy atom. The van der Waals surface area contributed by atoms with Crippen LogP contribution < -0.4 is 5.14 Å². The number of alkyl halides is 3. The van der Waals surface area contributed by atoms with Crippen molar-refractivity contribution in [2.75, 3.05) is 0 Å². The van der Waals surface area contributed by atoms with E-state index >= 15 is 0 Å². The zero-order valence-corrected chi connectivity index (χ0v) is 13.5. The monoisotopic (exact) mass is 349 g/mol. The Labute approximate surface area is 141 Å². The maximum Gasteiger partial charge on any atom is 0.435 e. The first-order valence-corrected chi connectivity index (χ1v) is 7.98. The molecule has 124 valence electrons. The van der Waals surface area contributed by atoms with Crippen molar-refractivity contribution in [3.8, 4) is 16.9 Å². The fourth-order valence-corrected chi connectivity index (χ4v) is 2.61. The molecule has 0 spiro atoms. The van der Waals surface area contributed by atoms with E-state index in [0.717, 1.165) is 28.5 Å². The zero-order chi connectivity index (χ0) is 17.3. The molecule has 0 aliphatic heterocycles. The summed E-state index contributed by atoms with van der Waals surface area (Å²) >= 11 is 1.07. The number of halogens is 3. The first-order chi connectivity index (χ1) is 11.4. The van der Waals surface area contributed by atoms with Crippen molar-refractivity contribution in [3.05, 3.63) is 65.9 Å². The molecule has 0 aliphatic carbocycles. The van der Waals surface area contributed by atoms with Crippen molar-refractivity contribution in [3.63, 3.8) is 0 Å². The van der Waals surface area contributed by atoms with Crippen LogP contribution in [0.1, 0.15) is 11.3 Å². The van der Waals surface area contributed by atoms with Gasteiger partial charge in [0.05, 0.1) is 11.4 Å². The second-order valence-corrected chi connectivity index (χ2v) is 6.01. The Bertz CT molecular complexity index is 837. The van der Waals surface area contributed by atoms with Gasteiger partial charge in [-0.3, -0.25) is 5.14 Å². The summed E-state index contributed by atoms with van der Waals surface area (Å²) in [6.07, 6.45) is -4.50. The summed E-state index contributed by atoms with van der Waals surface area (Å²) in [6.45, 7) is 1.92. The number of hydrogen-bond acceptors (Lipinski definition) is 3. The summed E-state index contributed by atoms with van der Waals surface area (Å²) in [5, 5.41) is 9.24. The van der Waals surface area contributed by atoms with Gasteiger partial charge in [0.1, 0.15) is 0 Å². The molecule has 0 radical (unpaired) electrons. The number of nitrogens with two attached hydrogens (primary N) is 1. The van der Waals surface area contributed by atoms with E-state index in [0.29, 0.717) is 16.9 Å². The lowest BCUT2D eigenvalue weighted by atomic mass is 10.1. The third-order valence-electron chi connectivity index (χ3n) is 3.56. The second kappa shape index (κ2) is 6.33. The lowest BCUT2D eigenvalue weighted by Gasteiger charge is -2.08. The Morgan fingerprint density at radius 2 is 1.62 bits per heavy atom. The van der Waals surface area contributed by atoms with E-state index in [-0.39, 0.29) is 0 Å². The quantitative estimate of drug-likeness (QED) is 0.689. The van der Waals surface area contributed by atoms with Crippen molar-refractivity contribution >= 4 is 11.9 Å². The standard InChI is InChI=1S/C17H14F3N3S/c1-11-2-4-12(5-3-11)15-10-16(17(18,19)20)22-23(15)13-6-8-14(24-21)9-7-13/h2-10H,21H2,1H3. The van der Waals surface area contributed by atoms with Crippen LogP contribution in [0.25, 0.3) is 16.9 Å². The van der Waals surface area contributed by atoms with Gasteiger partial charge < -0.3 is 0 Å². The second-order valence-electron chi connectivity index (χ2n) is 5.30. The number of benzene rings is 2. The highest BCUT2D eigenvalue weighted by Crippen LogP contribution is 2.33. The SMILES string of the molecule is Cc1ccc(-c2cc(C(F)(F)F)nn2-c2ccc(SN)cc2)cc1. The van der Waals surface area contributed by atoms with Crippen LogP contribution in [0, 0.1) is 6.92 Å². The fraction of sp³-hybridized carbons (Fsp3) is 0.118. The van der Waals surface area contributed by atoms with Crippen LogP contribution in [0.15, 0.2) is 59.5 Å². The largest absolute Gasteiger partial charge is 0.435 e. The van der Waals surface area contributed by atoms with Crippen LogP contribution >= 0.6 is 11.9 Å². The average Bonchev–Trinajstić information content (AvgIpc) is 3.01. The molecule has 0 unspecified atom stereocenters. The third kappa shape index (κ3) is 3.32. The van der Waals surface area contributed by atoms with Gasteiger partial charge in [-0.2, -0.15) is 18.3 Å². The third-order valence-corrected chi connectivity index (χ3v) is 4.11. The Hall–Kier alpha value is -2.25. The molecule has 1 aromatic heterocycles. The summed E-state index contributed by atoms with van der Waals surface area (Å²) in [5.41, 5.74) is 1.70. The van der Waals surface area contributed by atoms with Crippen LogP contribution in [0.3, 0.4) is 0 Å². The summed E-state index contributed by atoms with van der Waals surface area (Å²) in [4.78, 5) is 0.818. The molecule has 0 bridgehead atoms. The van der Waals surface area contributed by atoms with Gasteiger partial charge in [-0.15, -0.1) is 0 Å². The summed E-state index contributed by atoms with van der Waals surface area (Å²) in [7, 11) is 0. The molecule has 3 nitrogen and oxygen atoms in total. The molecule has 0 fully saturated rings. The van der Waals surface area contributed by atoms with Gasteiger partial charge in [-0.25, -0.2) is 4.68 Å². The minimum atomic E-state index is -4.50. The van der Waals surface area contributed by atoms with Gasteiger partial charge in [0.25, 0.3) is 0 Å². The molecular formula is C17H14F3N3S. The molecule has 24 heavy (non-hydrogen) atoms. The predicted molar refractivity (Wildman–Crippen MR) is 88.8 cm³/mol. The van der Waals surface area contributed by atoms with Crippen molar-refractivity contribution in [1.82, 2.24) is 9.78 Å². The molecule has 2 N–H and O–H groups in total. The lowest BCUT2D eigenvalue weighted by Crippen LogP contribution is -2.07. The van der Waals surface area contributed by atoms with E-state index < -0.39 is 11.9 Å². The van der Waals surface area contributed by atoms with Gasteiger partial charge >= 0.3 is 6.18 Å². The van der Waals surface area contributed by atoms with E-state index in [1.807, 2.05) is 19.1 Å². The molecule has 7 heteroatoms. The number of nitrogens with zero attached hydrogens (tertiary/aromatic N) is 2. The fourth-order valence-electron chi connectivity index (χ4n) is 2.31. The van der Waals surface area contributed by atoms with Gasteiger partial charge in [0.15, 0.2) is 5.69 Å². The maximum atomic E-state index is 13.1. The number of hydrogen-bond donors (Lipinski definition) is 1. The van der Waals surface area contributed by atoms with Crippen molar-refractivity contribution < 1.29 is 13.2 Å². The molecule has 0 amide bonds. The van der Waals surface area contributed by atoms with E-state index in [9.17, 15) is 13.2 Å². The molecule has 0 saturated carbocycles. The molecule has 0 saturated heterocycles. The van der Waals surface area contributed by atoms with Crippen LogP contribution in [-0.4, -0.2) is 9.78 Å². The first kappa shape index (κ1) is 16.6. The minimum absolute atomic E-state index is 0.385. The highest BCUT2D eigenvalue weighted by Gasteiger charge is 2.35. The van der Waals surface area contributed by atoms with Crippen LogP contribution in [0.2, 0.25) is 0 Å². The van der Waals surface area contributed by atoms with Gasteiger partial charge in [-0.1, -0.05) is 29.8 Å². The molecule has 0 atom stereocenters. The normalized spacial score (nSPS) is 11.7. The van der Waals surface area contributed by atoms with Crippen molar-refractivity contribution in [2.24, 2.45) is 5.14 Å². The highest BCUT2D eigenvalue weighted by atomic mass is 32.2. The van der Waals surface area contributed by atoms with E-state index in [1.54, 1.807) is 36.4 Å². The highest BCUT2D eigenvalue weighted by molar-refractivity contribution is 7.97. The van der Waals surface area contributed by atoms with E-state index in [1.165, 1.54) is 4.68 Å². The molecular weight excluding hydrogens is 335 g/mol. The number of rotatable bonds is 3. The number of aryl methyl sites for hydroxylation is 1. The van der Waals surface area contributed by atoms with Crippen molar-refractivity contribution in [1.29, 1.82) is 0 Å². The zero-order valence-electron chi connectivity index (χ0n) is 12.7. The van der Waals surface area contributed by atoms with Crippen molar-refractivity contribution in [2.45, 2.75) is 18.0 Å². The molecule has 2 aromatic carbocycles. The molecule has 0 aliphatic rings. The Balaban J connectivity index is 2.15. The van der Waals surface area contributed by atoms with E-state index in [2.05, 4.69) is 5.10 Å². The first-order valence-electron chi connectivity index (χ1n) is 7.10. The molecule has 3 aromatic rings. The summed E-state index contributed by atoms with van der Waals surface area (Å²) in [6, 6.07) is 15.2. The molecule has 1 heterocycles. The van der Waals surface area contributed by atoms with Crippen LogP contribution in [0.4, 0.5) is 13.2 Å². The minimum Gasteiger partial charge on any atom is -0.274 e. The number of aromatic nitrogens is 2. The Kier molecular flexibility index (Phi) is 4.38. The smallest absolute Gasteiger partial charge is 0.274 e. The Morgan fingerprint density at radius 3 is 2.17 bits per heavy atom. The average molecular weight is 349 g/mol. The van der Waals surface area contributed by atoms with E-state index in [4.69, 9.17) is 5.14 Å². The summed E-state index contributed by atoms with van der Waals surface area (Å²) in [5.74, 6) is 0. The van der Waals surface area contributed by atoms with Gasteiger partial charge in [0, 0.05) is 10.5 Å². The van der Waals surface area contributed by atoms with Gasteiger partial charge in [0.2, 0.25) is 0 Å². The lowest BCUT2D eigenvalue weighted by molar-refractivity contribution is -0.141. The predicted octanol–water partition coefficient (Wildman–Crippen LogP) is 4.83. The maximum absolute atomic E-state index is 13.1. The topological polar surface area (TPSA) is 43.8 Å². The van der Waals surface area contributed by atoms with Crippen LogP contribution in [0.5, 0.6) is 0 Å². The van der Waals surface area contributed by atoms with Gasteiger partial charge in [-0.05, 0) is 49.2 Å². The van der Waals surface area contributed by atoms with Crippen LogP contribution in [-0.2, 0) is 6.18 Å². The summed E-state index contributed by atoms with van der Waals surface area (Å²) < 4.78 is 40.6.